The molecule has 0 amide bonds. The summed E-state index contributed by atoms with van der Waals surface area (Å²) in [6, 6.07) is 5.41. The van der Waals surface area contributed by atoms with Crippen molar-refractivity contribution in [3.8, 4) is 0 Å². The number of aromatic nitrogens is 3. The van der Waals surface area contributed by atoms with Crippen molar-refractivity contribution >= 4 is 11.6 Å². The van der Waals surface area contributed by atoms with Gasteiger partial charge in [0.25, 0.3) is 0 Å². The Hall–Kier alpha value is -1.46. The number of nitrogens with zero attached hydrogens (tertiary/aromatic N) is 3. The van der Waals surface area contributed by atoms with E-state index in [1.165, 1.54) is 25.2 Å². The van der Waals surface area contributed by atoms with E-state index in [9.17, 15) is 4.39 Å². The predicted octanol–water partition coefficient (Wildman–Crippen LogP) is 2.37. The molecule has 0 radical (unpaired) electrons. The molecule has 1 saturated carbocycles. The third kappa shape index (κ3) is 3.11. The summed E-state index contributed by atoms with van der Waals surface area (Å²) in [7, 11) is 0. The van der Waals surface area contributed by atoms with Gasteiger partial charge < -0.3 is 5.32 Å². The minimum atomic E-state index is -0.406. The van der Waals surface area contributed by atoms with E-state index >= 15 is 0 Å². The van der Waals surface area contributed by atoms with Crippen LogP contribution in [-0.2, 0) is 13.1 Å². The summed E-state index contributed by atoms with van der Waals surface area (Å²) < 4.78 is 15.2. The molecule has 100 valence electrons. The standard InChI is InChI=1S/C13H14ClFN4/c14-11-4-1-9(5-12(11)15)7-19-13(17-8-18-19)6-16-10-2-3-10/h1,4-5,8,10,16H,2-3,6-7H2. The number of hydrogen-bond acceptors (Lipinski definition) is 3. The molecule has 6 heteroatoms. The molecule has 1 N–H and O–H groups in total. The van der Waals surface area contributed by atoms with Crippen molar-refractivity contribution in [2.45, 2.75) is 32.0 Å². The maximum atomic E-state index is 13.4. The maximum Gasteiger partial charge on any atom is 0.142 e. The highest BCUT2D eigenvalue weighted by Crippen LogP contribution is 2.19. The van der Waals surface area contributed by atoms with Crippen LogP contribution in [0, 0.1) is 5.82 Å². The van der Waals surface area contributed by atoms with E-state index in [1.807, 2.05) is 0 Å². The van der Waals surface area contributed by atoms with Crippen molar-refractivity contribution in [2.24, 2.45) is 0 Å². The third-order valence-corrected chi connectivity index (χ3v) is 3.44. The summed E-state index contributed by atoms with van der Waals surface area (Å²) in [5.74, 6) is 0.458. The Balaban J connectivity index is 1.71. The molecule has 1 aliphatic carbocycles. The van der Waals surface area contributed by atoms with Crippen LogP contribution in [0.25, 0.3) is 0 Å². The second-order valence-electron chi connectivity index (χ2n) is 4.74. The first-order valence-corrected chi connectivity index (χ1v) is 6.64. The van der Waals surface area contributed by atoms with E-state index in [4.69, 9.17) is 11.6 Å². The van der Waals surface area contributed by atoms with Crippen LogP contribution >= 0.6 is 11.6 Å². The Morgan fingerprint density at radius 1 is 1.42 bits per heavy atom. The molecule has 1 aromatic carbocycles. The lowest BCUT2D eigenvalue weighted by Crippen LogP contribution is -2.19. The molecule has 0 saturated heterocycles. The first kappa shape index (κ1) is 12.6. The van der Waals surface area contributed by atoms with Gasteiger partial charge in [0.15, 0.2) is 0 Å². The van der Waals surface area contributed by atoms with Gasteiger partial charge in [0.05, 0.1) is 18.1 Å². The number of nitrogens with one attached hydrogen (secondary N) is 1. The van der Waals surface area contributed by atoms with E-state index in [1.54, 1.807) is 16.8 Å². The molecule has 19 heavy (non-hydrogen) atoms. The van der Waals surface area contributed by atoms with Crippen molar-refractivity contribution < 1.29 is 4.39 Å². The lowest BCUT2D eigenvalue weighted by atomic mass is 10.2. The van der Waals surface area contributed by atoms with Gasteiger partial charge in [0.1, 0.15) is 18.0 Å². The topological polar surface area (TPSA) is 42.7 Å². The molecule has 1 heterocycles. The molecule has 0 aliphatic heterocycles. The minimum absolute atomic E-state index is 0.137. The SMILES string of the molecule is Fc1cc(Cn2ncnc2CNC2CC2)ccc1Cl. The van der Waals surface area contributed by atoms with Crippen molar-refractivity contribution in [3.05, 3.63) is 46.8 Å². The minimum Gasteiger partial charge on any atom is -0.307 e. The van der Waals surface area contributed by atoms with Crippen LogP contribution in [0.1, 0.15) is 24.2 Å². The normalized spacial score (nSPS) is 14.8. The first-order valence-electron chi connectivity index (χ1n) is 6.26. The molecule has 1 fully saturated rings. The van der Waals surface area contributed by atoms with E-state index in [2.05, 4.69) is 15.4 Å². The Morgan fingerprint density at radius 2 is 2.26 bits per heavy atom. The van der Waals surface area contributed by atoms with Gasteiger partial charge >= 0.3 is 0 Å². The van der Waals surface area contributed by atoms with Crippen LogP contribution in [-0.4, -0.2) is 20.8 Å². The summed E-state index contributed by atoms with van der Waals surface area (Å²) in [5, 5.41) is 7.70. The highest BCUT2D eigenvalue weighted by Gasteiger charge is 2.21. The summed E-state index contributed by atoms with van der Waals surface area (Å²) in [5.41, 5.74) is 0.820. The molecule has 0 atom stereocenters. The zero-order valence-electron chi connectivity index (χ0n) is 10.3. The lowest BCUT2D eigenvalue weighted by Gasteiger charge is -2.07. The van der Waals surface area contributed by atoms with Crippen LogP contribution in [0.5, 0.6) is 0 Å². The van der Waals surface area contributed by atoms with E-state index in [0.29, 0.717) is 19.1 Å². The van der Waals surface area contributed by atoms with Gasteiger partial charge in [-0.25, -0.2) is 14.1 Å². The van der Waals surface area contributed by atoms with Gasteiger partial charge in [-0.15, -0.1) is 0 Å². The molecule has 1 aliphatic rings. The zero-order valence-corrected chi connectivity index (χ0v) is 11.1. The fraction of sp³-hybridized carbons (Fsp3) is 0.385. The molecule has 1 aromatic heterocycles. The van der Waals surface area contributed by atoms with E-state index < -0.39 is 5.82 Å². The summed E-state index contributed by atoms with van der Waals surface area (Å²) in [6.45, 7) is 1.19. The molecule has 2 aromatic rings. The largest absolute Gasteiger partial charge is 0.307 e. The maximum absolute atomic E-state index is 13.4. The van der Waals surface area contributed by atoms with E-state index in [-0.39, 0.29) is 5.02 Å². The molecule has 0 unspecified atom stereocenters. The molecular formula is C13H14ClFN4. The Kier molecular flexibility index (Phi) is 3.48. The van der Waals surface area contributed by atoms with Crippen LogP contribution in [0.2, 0.25) is 5.02 Å². The lowest BCUT2D eigenvalue weighted by molar-refractivity contribution is 0.578. The van der Waals surface area contributed by atoms with Crippen molar-refractivity contribution in [1.29, 1.82) is 0 Å². The molecule has 0 bridgehead atoms. The van der Waals surface area contributed by atoms with Crippen molar-refractivity contribution in [2.75, 3.05) is 0 Å². The summed E-state index contributed by atoms with van der Waals surface area (Å²) >= 11 is 5.67. The number of hydrogen-bond donors (Lipinski definition) is 1. The average molecular weight is 281 g/mol. The third-order valence-electron chi connectivity index (χ3n) is 3.14. The van der Waals surface area contributed by atoms with Gasteiger partial charge in [-0.1, -0.05) is 17.7 Å². The van der Waals surface area contributed by atoms with Crippen LogP contribution < -0.4 is 5.32 Å². The Bertz CT molecular complexity index is 580. The van der Waals surface area contributed by atoms with Crippen LogP contribution in [0.15, 0.2) is 24.5 Å². The average Bonchev–Trinajstić information content (AvgIpc) is 3.12. The fourth-order valence-corrected chi connectivity index (χ4v) is 2.01. The predicted molar refractivity (Wildman–Crippen MR) is 70.4 cm³/mol. The van der Waals surface area contributed by atoms with Crippen molar-refractivity contribution in [3.63, 3.8) is 0 Å². The Labute approximate surface area is 115 Å². The van der Waals surface area contributed by atoms with Crippen LogP contribution in [0.3, 0.4) is 0 Å². The van der Waals surface area contributed by atoms with Crippen LogP contribution in [0.4, 0.5) is 4.39 Å². The Morgan fingerprint density at radius 3 is 3.00 bits per heavy atom. The zero-order chi connectivity index (χ0) is 13.2. The molecule has 3 rings (SSSR count). The first-order chi connectivity index (χ1) is 9.22. The van der Waals surface area contributed by atoms with E-state index in [0.717, 1.165) is 11.4 Å². The van der Waals surface area contributed by atoms with Gasteiger partial charge in [0, 0.05) is 6.04 Å². The summed E-state index contributed by atoms with van der Waals surface area (Å²) in [6.07, 6.45) is 3.99. The van der Waals surface area contributed by atoms with Gasteiger partial charge in [-0.3, -0.25) is 0 Å². The fourth-order valence-electron chi connectivity index (χ4n) is 1.89. The highest BCUT2D eigenvalue weighted by atomic mass is 35.5. The van der Waals surface area contributed by atoms with Crippen molar-refractivity contribution in [1.82, 2.24) is 20.1 Å². The van der Waals surface area contributed by atoms with Gasteiger partial charge in [0.2, 0.25) is 0 Å². The quantitative estimate of drug-likeness (QED) is 0.914. The molecule has 0 spiro atoms. The summed E-state index contributed by atoms with van der Waals surface area (Å²) in [4.78, 5) is 4.22. The molecular weight excluding hydrogens is 267 g/mol. The number of halogens is 2. The molecule has 4 nitrogen and oxygen atoms in total. The smallest absolute Gasteiger partial charge is 0.142 e. The second kappa shape index (κ2) is 5.27. The number of rotatable bonds is 5. The van der Waals surface area contributed by atoms with Gasteiger partial charge in [-0.2, -0.15) is 5.10 Å². The highest BCUT2D eigenvalue weighted by molar-refractivity contribution is 6.30. The number of benzene rings is 1. The van der Waals surface area contributed by atoms with Gasteiger partial charge in [-0.05, 0) is 30.5 Å². The monoisotopic (exact) mass is 280 g/mol. The second-order valence-corrected chi connectivity index (χ2v) is 5.14.